The molecule has 0 unspecified atom stereocenters. The van der Waals surface area contributed by atoms with Gasteiger partial charge in [-0.05, 0) is 12.1 Å². The Bertz CT molecular complexity index is 446. The first-order valence-corrected chi connectivity index (χ1v) is 6.37. The third-order valence-corrected chi connectivity index (χ3v) is 3.82. The Morgan fingerprint density at radius 3 is 2.73 bits per heavy atom. The van der Waals surface area contributed by atoms with E-state index in [0.29, 0.717) is 0 Å². The van der Waals surface area contributed by atoms with Crippen molar-refractivity contribution in [2.24, 2.45) is 0 Å². The summed E-state index contributed by atoms with van der Waals surface area (Å²) in [6.07, 6.45) is 1.56. The summed E-state index contributed by atoms with van der Waals surface area (Å²) in [5, 5.41) is 8.77. The first-order chi connectivity index (χ1) is 6.96. The Kier molecular flexibility index (Phi) is 3.52. The summed E-state index contributed by atoms with van der Waals surface area (Å²) < 4.78 is 23.9. The fraction of sp³-hybridized carbons (Fsp3) is 0.444. The van der Waals surface area contributed by atoms with Gasteiger partial charge in [0.2, 0.25) is 0 Å². The van der Waals surface area contributed by atoms with Crippen molar-refractivity contribution in [2.75, 3.05) is 11.5 Å². The molecule has 15 heavy (non-hydrogen) atoms. The molecule has 1 aromatic rings. The van der Waals surface area contributed by atoms with Gasteiger partial charge in [0.25, 0.3) is 0 Å². The first kappa shape index (κ1) is 11.8. The molecule has 1 rings (SSSR count). The minimum Gasteiger partial charge on any atom is -0.477 e. The Balaban J connectivity index is 2.74. The molecule has 1 N–H and O–H groups in total. The van der Waals surface area contributed by atoms with E-state index in [9.17, 15) is 13.2 Å². The van der Waals surface area contributed by atoms with Crippen molar-refractivity contribution in [1.29, 1.82) is 0 Å². The van der Waals surface area contributed by atoms with Crippen molar-refractivity contribution in [3.63, 3.8) is 0 Å². The fourth-order valence-electron chi connectivity index (χ4n) is 1.19. The largest absolute Gasteiger partial charge is 0.477 e. The summed E-state index contributed by atoms with van der Waals surface area (Å²) in [5.74, 6) is -0.997. The van der Waals surface area contributed by atoms with Gasteiger partial charge < -0.3 is 9.67 Å². The average Bonchev–Trinajstić information content (AvgIpc) is 2.63. The predicted octanol–water partition coefficient (Wildman–Crippen LogP) is 0.621. The highest BCUT2D eigenvalue weighted by Gasteiger charge is 2.12. The van der Waals surface area contributed by atoms with E-state index >= 15 is 0 Å². The normalized spacial score (nSPS) is 11.5. The molecule has 0 radical (unpaired) electrons. The van der Waals surface area contributed by atoms with Crippen LogP contribution in [0.4, 0.5) is 0 Å². The second-order valence-corrected chi connectivity index (χ2v) is 5.60. The second-order valence-electron chi connectivity index (χ2n) is 3.13. The minimum absolute atomic E-state index is 0.0293. The predicted molar refractivity (Wildman–Crippen MR) is 55.7 cm³/mol. The van der Waals surface area contributed by atoms with E-state index in [4.69, 9.17) is 5.11 Å². The summed E-state index contributed by atoms with van der Waals surface area (Å²) in [6, 6.07) is 3.03. The molecule has 0 fully saturated rings. The van der Waals surface area contributed by atoms with Crippen LogP contribution < -0.4 is 0 Å². The van der Waals surface area contributed by atoms with Gasteiger partial charge in [-0.2, -0.15) is 0 Å². The molecule has 0 aliphatic rings. The van der Waals surface area contributed by atoms with Crippen molar-refractivity contribution < 1.29 is 18.3 Å². The lowest BCUT2D eigenvalue weighted by molar-refractivity contribution is 0.0685. The Morgan fingerprint density at radius 2 is 2.20 bits per heavy atom. The van der Waals surface area contributed by atoms with Crippen LogP contribution in [0.15, 0.2) is 18.3 Å². The van der Waals surface area contributed by atoms with E-state index in [1.165, 1.54) is 10.6 Å². The maximum atomic E-state index is 11.2. The van der Waals surface area contributed by atoms with E-state index < -0.39 is 15.8 Å². The minimum atomic E-state index is -3.05. The van der Waals surface area contributed by atoms with Gasteiger partial charge in [-0.25, -0.2) is 13.2 Å². The highest BCUT2D eigenvalue weighted by molar-refractivity contribution is 7.91. The van der Waals surface area contributed by atoms with Crippen molar-refractivity contribution in [3.05, 3.63) is 24.0 Å². The van der Waals surface area contributed by atoms with E-state index in [2.05, 4.69) is 0 Å². The summed E-state index contributed by atoms with van der Waals surface area (Å²) in [4.78, 5) is 10.7. The van der Waals surface area contributed by atoms with Crippen LogP contribution in [-0.2, 0) is 16.4 Å². The molecule has 6 heteroatoms. The summed E-state index contributed by atoms with van der Waals surface area (Å²) in [6.45, 7) is 1.76. The number of nitrogens with zero attached hydrogens (tertiary/aromatic N) is 1. The molecule has 84 valence electrons. The number of carbonyl (C=O) groups is 1. The van der Waals surface area contributed by atoms with Crippen LogP contribution in [0, 0.1) is 0 Å². The van der Waals surface area contributed by atoms with Gasteiger partial charge in [0, 0.05) is 18.5 Å². The van der Waals surface area contributed by atoms with Gasteiger partial charge in [-0.3, -0.25) is 0 Å². The van der Waals surface area contributed by atoms with Crippen LogP contribution in [0.3, 0.4) is 0 Å². The highest BCUT2D eigenvalue weighted by Crippen LogP contribution is 2.03. The third-order valence-electron chi connectivity index (χ3n) is 2.13. The lowest BCUT2D eigenvalue weighted by Crippen LogP contribution is -2.17. The molecule has 0 saturated carbocycles. The Hall–Kier alpha value is -1.30. The van der Waals surface area contributed by atoms with Gasteiger partial charge in [0.1, 0.15) is 5.69 Å². The average molecular weight is 231 g/mol. The Labute approximate surface area is 88.3 Å². The van der Waals surface area contributed by atoms with E-state index in [0.717, 1.165) is 0 Å². The molecule has 0 bridgehead atoms. The standard InChI is InChI=1S/C9H13NO4S/c1-2-15(13,14)7-6-10-5-3-4-8(10)9(11)12/h3-5H,2,6-7H2,1H3,(H,11,12). The number of hydrogen-bond donors (Lipinski definition) is 1. The number of rotatable bonds is 5. The number of aryl methyl sites for hydroxylation is 1. The van der Waals surface area contributed by atoms with Crippen LogP contribution in [-0.4, -0.2) is 35.6 Å². The SMILES string of the molecule is CCS(=O)(=O)CCn1cccc1C(=O)O. The molecule has 1 heterocycles. The molecule has 5 nitrogen and oxygen atoms in total. The molecule has 0 aliphatic heterocycles. The molecule has 0 atom stereocenters. The van der Waals surface area contributed by atoms with E-state index in [1.807, 2.05) is 0 Å². The van der Waals surface area contributed by atoms with Crippen LogP contribution >= 0.6 is 0 Å². The van der Waals surface area contributed by atoms with Crippen molar-refractivity contribution in [2.45, 2.75) is 13.5 Å². The monoisotopic (exact) mass is 231 g/mol. The number of sulfone groups is 1. The first-order valence-electron chi connectivity index (χ1n) is 4.55. The topological polar surface area (TPSA) is 76.4 Å². The molecule has 0 aliphatic carbocycles. The van der Waals surface area contributed by atoms with Gasteiger partial charge >= 0.3 is 5.97 Å². The number of aromatic nitrogens is 1. The van der Waals surface area contributed by atoms with Crippen LogP contribution in [0.2, 0.25) is 0 Å². The molecular formula is C9H13NO4S. The lowest BCUT2D eigenvalue weighted by atomic mass is 10.4. The highest BCUT2D eigenvalue weighted by atomic mass is 32.2. The molecule has 1 aromatic heterocycles. The quantitative estimate of drug-likeness (QED) is 0.806. The van der Waals surface area contributed by atoms with Crippen molar-refractivity contribution in [3.8, 4) is 0 Å². The second kappa shape index (κ2) is 4.48. The summed E-state index contributed by atoms with van der Waals surface area (Å²) >= 11 is 0. The van der Waals surface area contributed by atoms with Crippen LogP contribution in [0.1, 0.15) is 17.4 Å². The fourth-order valence-corrected chi connectivity index (χ4v) is 1.95. The molecule has 0 aromatic carbocycles. The maximum absolute atomic E-state index is 11.2. The number of aromatic carboxylic acids is 1. The number of carboxylic acids is 1. The third kappa shape index (κ3) is 3.09. The van der Waals surface area contributed by atoms with Gasteiger partial charge in [-0.1, -0.05) is 6.92 Å². The molecule has 0 saturated heterocycles. The van der Waals surface area contributed by atoms with Gasteiger partial charge in [0.05, 0.1) is 5.75 Å². The van der Waals surface area contributed by atoms with Crippen molar-refractivity contribution in [1.82, 2.24) is 4.57 Å². The number of hydrogen-bond acceptors (Lipinski definition) is 3. The zero-order valence-corrected chi connectivity index (χ0v) is 9.20. The summed E-state index contributed by atoms with van der Waals surface area (Å²) in [7, 11) is -3.05. The smallest absolute Gasteiger partial charge is 0.352 e. The number of carboxylic acid groups (broad SMARTS) is 1. The maximum Gasteiger partial charge on any atom is 0.352 e. The van der Waals surface area contributed by atoms with Crippen molar-refractivity contribution >= 4 is 15.8 Å². The Morgan fingerprint density at radius 1 is 1.53 bits per heavy atom. The van der Waals surface area contributed by atoms with Gasteiger partial charge in [-0.15, -0.1) is 0 Å². The zero-order chi connectivity index (χ0) is 11.5. The lowest BCUT2D eigenvalue weighted by Gasteiger charge is -2.05. The molecular weight excluding hydrogens is 218 g/mol. The van der Waals surface area contributed by atoms with E-state index in [-0.39, 0.29) is 23.7 Å². The van der Waals surface area contributed by atoms with Crippen LogP contribution in [0.5, 0.6) is 0 Å². The molecule has 0 spiro atoms. The zero-order valence-electron chi connectivity index (χ0n) is 8.38. The summed E-state index contributed by atoms with van der Waals surface area (Å²) in [5.41, 5.74) is 0.112. The van der Waals surface area contributed by atoms with E-state index in [1.54, 1.807) is 19.2 Å². The molecule has 0 amide bonds. The van der Waals surface area contributed by atoms with Gasteiger partial charge in [0.15, 0.2) is 9.84 Å². The van der Waals surface area contributed by atoms with Crippen LogP contribution in [0.25, 0.3) is 0 Å².